The first-order chi connectivity index (χ1) is 14.4. The Balaban J connectivity index is 0.000000567. The van der Waals surface area contributed by atoms with Gasteiger partial charge in [-0.2, -0.15) is 0 Å². The highest BCUT2D eigenvalue weighted by Gasteiger charge is 2.17. The summed E-state index contributed by atoms with van der Waals surface area (Å²) in [6.45, 7) is 13.0. The van der Waals surface area contributed by atoms with Gasteiger partial charge in [0.15, 0.2) is 0 Å². The van der Waals surface area contributed by atoms with Crippen molar-refractivity contribution in [3.8, 4) is 0 Å². The molecule has 0 aliphatic heterocycles. The molecule has 160 valence electrons. The van der Waals surface area contributed by atoms with Crippen molar-refractivity contribution in [3.63, 3.8) is 0 Å². The number of esters is 4. The first kappa shape index (κ1) is 26.1. The second kappa shape index (κ2) is 16.1. The van der Waals surface area contributed by atoms with E-state index >= 15 is 0 Å². The minimum atomic E-state index is -0.661. The Bertz CT molecular complexity index is 714. The van der Waals surface area contributed by atoms with Crippen LogP contribution in [0.2, 0.25) is 0 Å². The van der Waals surface area contributed by atoms with E-state index in [1.807, 2.05) is 0 Å². The Morgan fingerprint density at radius 1 is 0.633 bits per heavy atom. The lowest BCUT2D eigenvalue weighted by molar-refractivity contribution is -0.140. The maximum absolute atomic E-state index is 11.4. The normalized spacial score (nSPS) is 8.93. The van der Waals surface area contributed by atoms with Gasteiger partial charge in [0.05, 0.1) is 36.2 Å². The zero-order chi connectivity index (χ0) is 22.8. The van der Waals surface area contributed by atoms with Gasteiger partial charge in [0.25, 0.3) is 0 Å². The van der Waals surface area contributed by atoms with E-state index in [1.54, 1.807) is 12.1 Å². The van der Waals surface area contributed by atoms with Crippen LogP contribution in [0.1, 0.15) is 46.4 Å². The Morgan fingerprint density at radius 3 is 1.27 bits per heavy atom. The van der Waals surface area contributed by atoms with Gasteiger partial charge in [0.2, 0.25) is 0 Å². The van der Waals surface area contributed by atoms with E-state index in [0.717, 1.165) is 25.0 Å². The van der Waals surface area contributed by atoms with E-state index in [9.17, 15) is 19.2 Å². The standard InChI is InChI=1S/C12H10O4.C10H14O4/c1-3-15-11(13)9-7-5-6-8-10(9)12(14)16-4-2;1-3-13-9(11)7-5-6-8-10(12)14-4-2/h3-8H,1-2H2;3-4H,1-2,5-8H2. The van der Waals surface area contributed by atoms with Crippen molar-refractivity contribution in [2.75, 3.05) is 0 Å². The van der Waals surface area contributed by atoms with Crippen molar-refractivity contribution in [1.82, 2.24) is 0 Å². The molecule has 0 atom stereocenters. The maximum atomic E-state index is 11.4. The minimum Gasteiger partial charge on any atom is -0.435 e. The summed E-state index contributed by atoms with van der Waals surface area (Å²) in [5.41, 5.74) is 0.239. The molecule has 1 aromatic carbocycles. The van der Waals surface area contributed by atoms with Crippen molar-refractivity contribution in [2.24, 2.45) is 0 Å². The highest BCUT2D eigenvalue weighted by molar-refractivity contribution is 6.03. The van der Waals surface area contributed by atoms with Crippen LogP contribution in [0, 0.1) is 0 Å². The average molecular weight is 416 g/mol. The van der Waals surface area contributed by atoms with Crippen LogP contribution < -0.4 is 0 Å². The largest absolute Gasteiger partial charge is 0.435 e. The molecule has 0 aromatic heterocycles. The topological polar surface area (TPSA) is 105 Å². The molecular formula is C22H24O8. The van der Waals surface area contributed by atoms with Crippen LogP contribution in [0.3, 0.4) is 0 Å². The summed E-state index contributed by atoms with van der Waals surface area (Å²) in [5, 5.41) is 0. The number of unbranched alkanes of at least 4 members (excludes halogenated alkanes) is 1. The summed E-state index contributed by atoms with van der Waals surface area (Å²) in [4.78, 5) is 44.5. The molecular weight excluding hydrogens is 392 g/mol. The van der Waals surface area contributed by atoms with E-state index in [2.05, 4.69) is 45.3 Å². The molecule has 0 fully saturated rings. The van der Waals surface area contributed by atoms with Crippen LogP contribution in [0.25, 0.3) is 0 Å². The number of ether oxygens (including phenoxy) is 4. The number of hydrogen-bond acceptors (Lipinski definition) is 8. The van der Waals surface area contributed by atoms with Gasteiger partial charge < -0.3 is 18.9 Å². The van der Waals surface area contributed by atoms with E-state index < -0.39 is 11.9 Å². The Kier molecular flexibility index (Phi) is 13.9. The molecule has 0 bridgehead atoms. The predicted octanol–water partition coefficient (Wildman–Crippen LogP) is 4.21. The second-order valence-electron chi connectivity index (χ2n) is 5.21. The molecule has 8 nitrogen and oxygen atoms in total. The quantitative estimate of drug-likeness (QED) is 0.229. The van der Waals surface area contributed by atoms with Gasteiger partial charge in [-0.05, 0) is 25.0 Å². The smallest absolute Gasteiger partial charge is 0.343 e. The summed E-state index contributed by atoms with van der Waals surface area (Å²) in [6.07, 6.45) is 5.94. The van der Waals surface area contributed by atoms with Crippen molar-refractivity contribution in [2.45, 2.75) is 25.7 Å². The fourth-order valence-corrected chi connectivity index (χ4v) is 1.96. The highest BCUT2D eigenvalue weighted by atomic mass is 16.5. The maximum Gasteiger partial charge on any atom is 0.343 e. The molecule has 0 amide bonds. The van der Waals surface area contributed by atoms with Gasteiger partial charge in [0.1, 0.15) is 0 Å². The van der Waals surface area contributed by atoms with Crippen molar-refractivity contribution >= 4 is 23.9 Å². The molecule has 0 heterocycles. The van der Waals surface area contributed by atoms with E-state index in [1.165, 1.54) is 12.1 Å². The van der Waals surface area contributed by atoms with Gasteiger partial charge in [-0.15, -0.1) is 0 Å². The highest BCUT2D eigenvalue weighted by Crippen LogP contribution is 2.12. The zero-order valence-electron chi connectivity index (χ0n) is 16.5. The van der Waals surface area contributed by atoms with Crippen molar-refractivity contribution < 1.29 is 38.1 Å². The third-order valence-corrected chi connectivity index (χ3v) is 3.19. The number of carbonyl (C=O) groups excluding carboxylic acids is 4. The molecule has 0 saturated heterocycles. The third kappa shape index (κ3) is 11.0. The lowest BCUT2D eigenvalue weighted by Gasteiger charge is -2.05. The first-order valence-electron chi connectivity index (χ1n) is 8.74. The van der Waals surface area contributed by atoms with Gasteiger partial charge in [0, 0.05) is 12.8 Å². The molecule has 0 aliphatic carbocycles. The van der Waals surface area contributed by atoms with Crippen LogP contribution in [-0.2, 0) is 28.5 Å². The lowest BCUT2D eigenvalue weighted by Crippen LogP contribution is -2.10. The van der Waals surface area contributed by atoms with Gasteiger partial charge >= 0.3 is 23.9 Å². The van der Waals surface area contributed by atoms with E-state index in [-0.39, 0.29) is 35.9 Å². The van der Waals surface area contributed by atoms with Crippen LogP contribution in [0.5, 0.6) is 0 Å². The SMILES string of the molecule is C=COC(=O)CCCCC(=O)OC=C.C=COC(=O)c1ccccc1C(=O)OC=C. The summed E-state index contributed by atoms with van der Waals surface area (Å²) < 4.78 is 18.2. The fraction of sp³-hybridized carbons (Fsp3) is 0.182. The molecule has 0 spiro atoms. The molecule has 0 aliphatic rings. The number of benzene rings is 1. The molecule has 0 saturated carbocycles. The number of hydrogen-bond donors (Lipinski definition) is 0. The Morgan fingerprint density at radius 2 is 0.967 bits per heavy atom. The molecule has 1 rings (SSSR count). The monoisotopic (exact) mass is 416 g/mol. The summed E-state index contributed by atoms with van der Waals surface area (Å²) in [6, 6.07) is 6.16. The lowest BCUT2D eigenvalue weighted by atomic mass is 10.1. The van der Waals surface area contributed by atoms with Crippen LogP contribution in [0.4, 0.5) is 0 Å². The van der Waals surface area contributed by atoms with Crippen LogP contribution in [0.15, 0.2) is 75.6 Å². The molecule has 30 heavy (non-hydrogen) atoms. The fourth-order valence-electron chi connectivity index (χ4n) is 1.96. The molecule has 0 N–H and O–H groups in total. The molecule has 8 heteroatoms. The van der Waals surface area contributed by atoms with E-state index in [0.29, 0.717) is 12.8 Å². The van der Waals surface area contributed by atoms with Crippen molar-refractivity contribution in [3.05, 3.63) is 86.8 Å². The first-order valence-corrected chi connectivity index (χ1v) is 8.74. The molecule has 0 radical (unpaired) electrons. The van der Waals surface area contributed by atoms with Crippen LogP contribution in [-0.4, -0.2) is 23.9 Å². The summed E-state index contributed by atoms with van der Waals surface area (Å²) >= 11 is 0. The van der Waals surface area contributed by atoms with Crippen molar-refractivity contribution in [1.29, 1.82) is 0 Å². The Labute approximate surface area is 175 Å². The van der Waals surface area contributed by atoms with E-state index in [4.69, 9.17) is 0 Å². The average Bonchev–Trinajstić information content (AvgIpc) is 2.72. The van der Waals surface area contributed by atoms with Gasteiger partial charge in [-0.25, -0.2) is 9.59 Å². The summed E-state index contributed by atoms with van der Waals surface area (Å²) in [5.74, 6) is -1.99. The summed E-state index contributed by atoms with van der Waals surface area (Å²) in [7, 11) is 0. The third-order valence-electron chi connectivity index (χ3n) is 3.19. The number of carbonyl (C=O) groups is 4. The molecule has 1 aromatic rings. The zero-order valence-corrected chi connectivity index (χ0v) is 16.5. The van der Waals surface area contributed by atoms with Gasteiger partial charge in [-0.3, -0.25) is 9.59 Å². The predicted molar refractivity (Wildman–Crippen MR) is 109 cm³/mol. The second-order valence-corrected chi connectivity index (χ2v) is 5.21. The van der Waals surface area contributed by atoms with Crippen LogP contribution >= 0.6 is 0 Å². The number of rotatable bonds is 11. The minimum absolute atomic E-state index is 0.120. The molecule has 0 unspecified atom stereocenters. The Hall–Kier alpha value is -3.94. The van der Waals surface area contributed by atoms with Gasteiger partial charge in [-0.1, -0.05) is 38.4 Å².